The highest BCUT2D eigenvalue weighted by atomic mass is 16.7. The largest absolute Gasteiger partial charge is 0.492 e. The number of nitrogens with zero attached hydrogens (tertiary/aromatic N) is 2. The lowest BCUT2D eigenvalue weighted by Gasteiger charge is -2.32. The van der Waals surface area contributed by atoms with Crippen molar-refractivity contribution in [1.82, 2.24) is 9.78 Å². The Kier molecular flexibility index (Phi) is 3.60. The Morgan fingerprint density at radius 1 is 1.37 bits per heavy atom. The van der Waals surface area contributed by atoms with Gasteiger partial charge in [-0.3, -0.25) is 4.68 Å². The smallest absolute Gasteiger partial charge is 0.400 e. The Hall–Kier alpha value is -1.11. The quantitative estimate of drug-likeness (QED) is 0.839. The highest BCUT2D eigenvalue weighted by molar-refractivity contribution is 6.55. The van der Waals surface area contributed by atoms with Crippen molar-refractivity contribution in [2.75, 3.05) is 6.61 Å². The maximum absolute atomic E-state index is 9.53. The maximum Gasteiger partial charge on any atom is 0.492 e. The first-order valence-corrected chi connectivity index (χ1v) is 6.42. The summed E-state index contributed by atoms with van der Waals surface area (Å²) in [6.07, 6.45) is 3.66. The SMILES string of the molecule is Cn1ccc(C=C(CO)B2OC(C)(C)C(C)(C)O2)n1. The molecule has 104 valence electrons. The standard InChI is InChI=1S/C13H21BN2O3/c1-12(2)13(3,4)19-14(18-12)10(9-17)8-11-6-7-16(5)15-11/h6-8,17H,9H2,1-5H3. The van der Waals surface area contributed by atoms with E-state index in [1.54, 1.807) is 4.68 Å². The van der Waals surface area contributed by atoms with Crippen LogP contribution in [0.5, 0.6) is 0 Å². The van der Waals surface area contributed by atoms with Gasteiger partial charge in [-0.15, -0.1) is 0 Å². The molecule has 0 aliphatic carbocycles. The van der Waals surface area contributed by atoms with Crippen LogP contribution >= 0.6 is 0 Å². The molecule has 0 bridgehead atoms. The number of hydrogen-bond acceptors (Lipinski definition) is 4. The molecule has 1 N–H and O–H groups in total. The first-order valence-electron chi connectivity index (χ1n) is 6.42. The summed E-state index contributed by atoms with van der Waals surface area (Å²) < 4.78 is 13.5. The van der Waals surface area contributed by atoms with Gasteiger partial charge in [0.15, 0.2) is 0 Å². The summed E-state index contributed by atoms with van der Waals surface area (Å²) in [6, 6.07) is 1.88. The van der Waals surface area contributed by atoms with Crippen molar-refractivity contribution in [1.29, 1.82) is 0 Å². The van der Waals surface area contributed by atoms with Gasteiger partial charge in [0.05, 0.1) is 23.5 Å². The molecule has 0 radical (unpaired) electrons. The summed E-state index contributed by atoms with van der Waals surface area (Å²) in [5, 5.41) is 13.8. The molecule has 5 nitrogen and oxygen atoms in total. The first kappa shape index (κ1) is 14.3. The Labute approximate surface area is 114 Å². The van der Waals surface area contributed by atoms with Gasteiger partial charge in [-0.2, -0.15) is 5.10 Å². The molecule has 2 rings (SSSR count). The van der Waals surface area contributed by atoms with E-state index >= 15 is 0 Å². The number of aliphatic hydroxyl groups excluding tert-OH is 1. The Bertz CT molecular complexity index is 478. The zero-order valence-corrected chi connectivity index (χ0v) is 12.2. The van der Waals surface area contributed by atoms with Crippen LogP contribution in [0.3, 0.4) is 0 Å². The summed E-state index contributed by atoms with van der Waals surface area (Å²) in [7, 11) is 1.32. The number of aliphatic hydroxyl groups is 1. The van der Waals surface area contributed by atoms with Crippen molar-refractivity contribution in [2.45, 2.75) is 38.9 Å². The maximum atomic E-state index is 9.53. The lowest BCUT2D eigenvalue weighted by atomic mass is 9.78. The Morgan fingerprint density at radius 3 is 2.37 bits per heavy atom. The molecule has 0 saturated carbocycles. The highest BCUT2D eigenvalue weighted by Gasteiger charge is 2.52. The van der Waals surface area contributed by atoms with E-state index in [4.69, 9.17) is 9.31 Å². The average Bonchev–Trinajstić information content (AvgIpc) is 2.78. The number of hydrogen-bond donors (Lipinski definition) is 1. The van der Waals surface area contributed by atoms with Gasteiger partial charge in [-0.25, -0.2) is 0 Å². The van der Waals surface area contributed by atoms with Crippen LogP contribution < -0.4 is 0 Å². The van der Waals surface area contributed by atoms with Crippen molar-refractivity contribution < 1.29 is 14.4 Å². The molecule has 1 aliphatic heterocycles. The van der Waals surface area contributed by atoms with Gasteiger partial charge in [0, 0.05) is 13.2 Å². The number of rotatable bonds is 3. The first-order chi connectivity index (χ1) is 8.75. The molecule has 19 heavy (non-hydrogen) atoms. The van der Waals surface area contributed by atoms with Gasteiger partial charge in [-0.05, 0) is 45.3 Å². The topological polar surface area (TPSA) is 56.5 Å². The Morgan fingerprint density at radius 2 is 1.95 bits per heavy atom. The van der Waals surface area contributed by atoms with Gasteiger partial charge in [0.2, 0.25) is 0 Å². The van der Waals surface area contributed by atoms with Crippen molar-refractivity contribution in [3.8, 4) is 0 Å². The van der Waals surface area contributed by atoms with Crippen LogP contribution in [0.2, 0.25) is 0 Å². The highest BCUT2D eigenvalue weighted by Crippen LogP contribution is 2.38. The van der Waals surface area contributed by atoms with E-state index in [0.717, 1.165) is 5.69 Å². The molecule has 1 saturated heterocycles. The van der Waals surface area contributed by atoms with E-state index < -0.39 is 18.3 Å². The summed E-state index contributed by atoms with van der Waals surface area (Å²) in [4.78, 5) is 0. The van der Waals surface area contributed by atoms with Crippen LogP contribution in [0.4, 0.5) is 0 Å². The molecule has 0 spiro atoms. The van der Waals surface area contributed by atoms with Crippen molar-refractivity contribution in [3.63, 3.8) is 0 Å². The normalized spacial score (nSPS) is 22.0. The van der Waals surface area contributed by atoms with Crippen LogP contribution in [-0.2, 0) is 16.4 Å². The van der Waals surface area contributed by atoms with E-state index in [0.29, 0.717) is 5.47 Å². The summed E-state index contributed by atoms with van der Waals surface area (Å²) in [6.45, 7) is 7.84. The fraction of sp³-hybridized carbons (Fsp3) is 0.615. The predicted molar refractivity (Wildman–Crippen MR) is 74.4 cm³/mol. The minimum absolute atomic E-state index is 0.118. The summed E-state index contributed by atoms with van der Waals surface area (Å²) >= 11 is 0. The Balaban J connectivity index is 2.23. The minimum Gasteiger partial charge on any atom is -0.400 e. The fourth-order valence-electron chi connectivity index (χ4n) is 1.88. The molecule has 1 aromatic rings. The molecule has 0 unspecified atom stereocenters. The second-order valence-corrected chi connectivity index (χ2v) is 5.88. The van der Waals surface area contributed by atoms with Gasteiger partial charge < -0.3 is 14.4 Å². The third-order valence-corrected chi connectivity index (χ3v) is 3.81. The molecular weight excluding hydrogens is 243 g/mol. The van der Waals surface area contributed by atoms with E-state index in [9.17, 15) is 5.11 Å². The van der Waals surface area contributed by atoms with E-state index in [-0.39, 0.29) is 6.61 Å². The molecule has 0 atom stereocenters. The van der Waals surface area contributed by atoms with Crippen LogP contribution in [-0.4, -0.2) is 39.8 Å². The van der Waals surface area contributed by atoms with Crippen molar-refractivity contribution in [3.05, 3.63) is 23.4 Å². The van der Waals surface area contributed by atoms with E-state index in [1.165, 1.54) is 0 Å². The number of aromatic nitrogens is 2. The molecule has 0 aromatic carbocycles. The molecule has 0 amide bonds. The van der Waals surface area contributed by atoms with Crippen molar-refractivity contribution >= 4 is 13.2 Å². The van der Waals surface area contributed by atoms with Crippen LogP contribution in [0.25, 0.3) is 6.08 Å². The molecule has 6 heteroatoms. The van der Waals surface area contributed by atoms with E-state index in [1.807, 2.05) is 53.1 Å². The lowest BCUT2D eigenvalue weighted by Crippen LogP contribution is -2.41. The third-order valence-electron chi connectivity index (χ3n) is 3.81. The van der Waals surface area contributed by atoms with Crippen LogP contribution in [0.15, 0.2) is 17.7 Å². The van der Waals surface area contributed by atoms with Crippen LogP contribution in [0.1, 0.15) is 33.4 Å². The van der Waals surface area contributed by atoms with Crippen LogP contribution in [0, 0.1) is 0 Å². The van der Waals surface area contributed by atoms with Crippen molar-refractivity contribution in [2.24, 2.45) is 7.05 Å². The van der Waals surface area contributed by atoms with E-state index in [2.05, 4.69) is 5.10 Å². The monoisotopic (exact) mass is 264 g/mol. The predicted octanol–water partition coefficient (Wildman–Crippen LogP) is 1.43. The molecular formula is C13H21BN2O3. The second-order valence-electron chi connectivity index (χ2n) is 5.88. The van der Waals surface area contributed by atoms with Gasteiger partial charge in [0.25, 0.3) is 0 Å². The average molecular weight is 264 g/mol. The molecule has 1 aromatic heterocycles. The summed E-state index contributed by atoms with van der Waals surface area (Å²) in [5.41, 5.74) is 0.644. The summed E-state index contributed by atoms with van der Waals surface area (Å²) in [5.74, 6) is 0. The lowest BCUT2D eigenvalue weighted by molar-refractivity contribution is 0.00578. The van der Waals surface area contributed by atoms with Gasteiger partial charge >= 0.3 is 7.12 Å². The molecule has 1 aliphatic rings. The fourth-order valence-corrected chi connectivity index (χ4v) is 1.88. The zero-order chi connectivity index (χ0) is 14.3. The third kappa shape index (κ3) is 2.75. The van der Waals surface area contributed by atoms with Gasteiger partial charge in [-0.1, -0.05) is 0 Å². The zero-order valence-electron chi connectivity index (χ0n) is 12.2. The number of aryl methyl sites for hydroxylation is 1. The second kappa shape index (κ2) is 4.78. The molecule has 1 fully saturated rings. The minimum atomic E-state index is -0.531. The van der Waals surface area contributed by atoms with Gasteiger partial charge in [0.1, 0.15) is 0 Å². The molecule has 2 heterocycles.